The van der Waals surface area contributed by atoms with Crippen molar-refractivity contribution in [2.75, 3.05) is 6.61 Å². The summed E-state index contributed by atoms with van der Waals surface area (Å²) in [4.78, 5) is 36.1. The van der Waals surface area contributed by atoms with Crippen LogP contribution in [0.5, 0.6) is 0 Å². The highest BCUT2D eigenvalue weighted by molar-refractivity contribution is 7.80. The number of halogens is 1. The number of thiocarbonyl (C=S) groups is 1. The fourth-order valence-corrected chi connectivity index (χ4v) is 2.94. The van der Waals surface area contributed by atoms with Gasteiger partial charge in [0, 0.05) is 5.56 Å². The molecule has 29 heavy (non-hydrogen) atoms. The maximum atomic E-state index is 12.2. The van der Waals surface area contributed by atoms with Gasteiger partial charge in [0.15, 0.2) is 5.11 Å². The monoisotopic (exact) mass is 432 g/mol. The number of hydrogen-bond donors (Lipinski definition) is 2. The summed E-state index contributed by atoms with van der Waals surface area (Å²) < 4.78 is 10.9. The molecule has 1 aromatic heterocycles. The van der Waals surface area contributed by atoms with Crippen molar-refractivity contribution in [3.05, 3.63) is 52.3 Å². The van der Waals surface area contributed by atoms with E-state index in [2.05, 4.69) is 10.6 Å². The zero-order chi connectivity index (χ0) is 21.0. The number of furan rings is 1. The van der Waals surface area contributed by atoms with Gasteiger partial charge < -0.3 is 9.15 Å². The van der Waals surface area contributed by atoms with Crippen LogP contribution in [-0.4, -0.2) is 29.5 Å². The maximum Gasteiger partial charge on any atom is 0.339 e. The lowest BCUT2D eigenvalue weighted by Gasteiger charge is -2.15. The Labute approximate surface area is 177 Å². The van der Waals surface area contributed by atoms with E-state index < -0.39 is 17.8 Å². The van der Waals surface area contributed by atoms with Crippen LogP contribution < -0.4 is 10.6 Å². The predicted octanol–water partition coefficient (Wildman–Crippen LogP) is 3.47. The second kappa shape index (κ2) is 9.02. The molecular formula is C20H17ClN2O5S. The summed E-state index contributed by atoms with van der Waals surface area (Å²) in [5.74, 6) is -1.01. The number of esters is 1. The third kappa shape index (κ3) is 4.90. The lowest BCUT2D eigenvalue weighted by atomic mass is 10.1. The summed E-state index contributed by atoms with van der Waals surface area (Å²) in [5.41, 5.74) is 0.701. The molecule has 2 aromatic rings. The van der Waals surface area contributed by atoms with Crippen molar-refractivity contribution in [1.29, 1.82) is 0 Å². The van der Waals surface area contributed by atoms with E-state index in [0.29, 0.717) is 17.9 Å². The summed E-state index contributed by atoms with van der Waals surface area (Å²) in [6.07, 6.45) is 2.99. The molecule has 9 heteroatoms. The molecule has 0 aliphatic carbocycles. The Hall–Kier alpha value is -2.97. The third-order valence-electron chi connectivity index (χ3n) is 4.06. The van der Waals surface area contributed by atoms with Crippen LogP contribution in [-0.2, 0) is 14.3 Å². The molecule has 0 radical (unpaired) electrons. The van der Waals surface area contributed by atoms with Gasteiger partial charge in [0.05, 0.1) is 17.2 Å². The van der Waals surface area contributed by atoms with Crippen molar-refractivity contribution in [1.82, 2.24) is 10.6 Å². The second-order valence-corrected chi connectivity index (χ2v) is 7.00. The largest absolute Gasteiger partial charge is 0.462 e. The Morgan fingerprint density at radius 2 is 1.93 bits per heavy atom. The number of ether oxygens (including phenoxy) is 1. The van der Waals surface area contributed by atoms with Crippen molar-refractivity contribution < 1.29 is 23.5 Å². The van der Waals surface area contributed by atoms with Crippen molar-refractivity contribution >= 4 is 52.8 Å². The van der Waals surface area contributed by atoms with Crippen LogP contribution in [0.2, 0.25) is 5.02 Å². The lowest BCUT2D eigenvalue weighted by molar-refractivity contribution is -0.123. The zero-order valence-corrected chi connectivity index (χ0v) is 17.0. The molecule has 0 atom stereocenters. The molecule has 1 aliphatic rings. The van der Waals surface area contributed by atoms with Crippen LogP contribution in [0.3, 0.4) is 0 Å². The van der Waals surface area contributed by atoms with Gasteiger partial charge in [0.25, 0.3) is 11.8 Å². The van der Waals surface area contributed by atoms with Gasteiger partial charge in [-0.15, -0.1) is 0 Å². The highest BCUT2D eigenvalue weighted by Gasteiger charge is 2.26. The van der Waals surface area contributed by atoms with Crippen LogP contribution in [0.25, 0.3) is 17.4 Å². The molecule has 2 amide bonds. The first kappa shape index (κ1) is 20.8. The van der Waals surface area contributed by atoms with Crippen molar-refractivity contribution in [2.45, 2.75) is 19.8 Å². The van der Waals surface area contributed by atoms with Gasteiger partial charge in [0.1, 0.15) is 17.1 Å². The standard InChI is InChI=1S/C20H17ClN2O5S/c1-2-3-8-27-19(26)13-9-11(4-6-15(13)21)16-7-5-12(28-16)10-14-17(24)22-20(29)23-18(14)25/h4-7,9-10H,2-3,8H2,1H3,(H2,22,23,24,25,29). The van der Waals surface area contributed by atoms with Crippen LogP contribution in [0.15, 0.2) is 40.3 Å². The maximum absolute atomic E-state index is 12.2. The summed E-state index contributed by atoms with van der Waals surface area (Å²) >= 11 is 10.9. The fourth-order valence-electron chi connectivity index (χ4n) is 2.56. The number of rotatable bonds is 6. The molecule has 0 saturated carbocycles. The van der Waals surface area contributed by atoms with Crippen LogP contribution in [0.1, 0.15) is 35.9 Å². The van der Waals surface area contributed by atoms with Crippen molar-refractivity contribution in [3.63, 3.8) is 0 Å². The molecule has 1 fully saturated rings. The minimum Gasteiger partial charge on any atom is -0.462 e. The van der Waals surface area contributed by atoms with E-state index in [4.69, 9.17) is 33.0 Å². The lowest BCUT2D eigenvalue weighted by Crippen LogP contribution is -2.51. The number of nitrogens with one attached hydrogen (secondary N) is 2. The van der Waals surface area contributed by atoms with E-state index in [-0.39, 0.29) is 27.0 Å². The van der Waals surface area contributed by atoms with E-state index in [1.807, 2.05) is 6.92 Å². The van der Waals surface area contributed by atoms with Crippen LogP contribution >= 0.6 is 23.8 Å². The minimum absolute atomic E-state index is 0.0446. The first-order valence-corrected chi connectivity index (χ1v) is 9.63. The number of amides is 2. The Morgan fingerprint density at radius 1 is 1.21 bits per heavy atom. The molecule has 3 rings (SSSR count). The van der Waals surface area contributed by atoms with E-state index in [0.717, 1.165) is 12.8 Å². The number of unbranched alkanes of at least 4 members (excludes halogenated alkanes) is 1. The molecule has 1 saturated heterocycles. The van der Waals surface area contributed by atoms with Gasteiger partial charge >= 0.3 is 5.97 Å². The normalized spacial score (nSPS) is 13.7. The van der Waals surface area contributed by atoms with E-state index in [9.17, 15) is 14.4 Å². The van der Waals surface area contributed by atoms with Crippen LogP contribution in [0.4, 0.5) is 0 Å². The Bertz CT molecular complexity index is 1010. The highest BCUT2D eigenvalue weighted by atomic mass is 35.5. The molecule has 0 spiro atoms. The van der Waals surface area contributed by atoms with E-state index in [1.165, 1.54) is 6.08 Å². The molecule has 1 aromatic carbocycles. The Kier molecular flexibility index (Phi) is 6.46. The quantitative estimate of drug-likeness (QED) is 0.238. The SMILES string of the molecule is CCCCOC(=O)c1cc(-c2ccc(C=C3C(=O)NC(=S)NC3=O)o2)ccc1Cl. The molecule has 1 aliphatic heterocycles. The summed E-state index contributed by atoms with van der Waals surface area (Å²) in [6, 6.07) is 8.11. The average molecular weight is 433 g/mol. The molecular weight excluding hydrogens is 416 g/mol. The first-order chi connectivity index (χ1) is 13.9. The molecule has 0 bridgehead atoms. The van der Waals surface area contributed by atoms with Gasteiger partial charge in [-0.2, -0.15) is 0 Å². The van der Waals surface area contributed by atoms with E-state index >= 15 is 0 Å². The number of hydrogen-bond acceptors (Lipinski definition) is 6. The van der Waals surface area contributed by atoms with Gasteiger partial charge in [-0.25, -0.2) is 4.79 Å². The first-order valence-electron chi connectivity index (χ1n) is 8.84. The van der Waals surface area contributed by atoms with Crippen molar-refractivity contribution in [3.8, 4) is 11.3 Å². The third-order valence-corrected chi connectivity index (χ3v) is 4.59. The van der Waals surface area contributed by atoms with Gasteiger partial charge in [-0.3, -0.25) is 20.2 Å². The smallest absolute Gasteiger partial charge is 0.339 e. The fraction of sp³-hybridized carbons (Fsp3) is 0.200. The molecule has 2 N–H and O–H groups in total. The molecule has 0 unspecified atom stereocenters. The van der Waals surface area contributed by atoms with Gasteiger partial charge in [-0.05, 0) is 55.0 Å². The molecule has 2 heterocycles. The summed E-state index contributed by atoms with van der Waals surface area (Å²) in [5, 5.41) is 4.93. The molecule has 7 nitrogen and oxygen atoms in total. The predicted molar refractivity (Wildman–Crippen MR) is 111 cm³/mol. The van der Waals surface area contributed by atoms with Crippen LogP contribution in [0, 0.1) is 0 Å². The van der Waals surface area contributed by atoms with Gasteiger partial charge in [0.2, 0.25) is 0 Å². The Morgan fingerprint density at radius 3 is 2.62 bits per heavy atom. The summed E-state index contributed by atoms with van der Waals surface area (Å²) in [6.45, 7) is 2.32. The number of carbonyl (C=O) groups excluding carboxylic acids is 3. The minimum atomic E-state index is -0.611. The zero-order valence-electron chi connectivity index (χ0n) is 15.4. The van der Waals surface area contributed by atoms with Gasteiger partial charge in [-0.1, -0.05) is 24.9 Å². The average Bonchev–Trinajstić information content (AvgIpc) is 3.14. The number of benzene rings is 1. The topological polar surface area (TPSA) is 97.6 Å². The summed E-state index contributed by atoms with van der Waals surface area (Å²) in [7, 11) is 0. The Balaban J connectivity index is 1.83. The number of carbonyl (C=O) groups is 3. The molecule has 150 valence electrons. The second-order valence-electron chi connectivity index (χ2n) is 6.18. The highest BCUT2D eigenvalue weighted by Crippen LogP contribution is 2.28. The van der Waals surface area contributed by atoms with E-state index in [1.54, 1.807) is 30.3 Å². The van der Waals surface area contributed by atoms with Crippen molar-refractivity contribution in [2.24, 2.45) is 0 Å².